The Kier molecular flexibility index (Phi) is 6.50. The number of methoxy groups -OCH3 is 3. The molecule has 0 heterocycles. The van der Waals surface area contributed by atoms with Crippen molar-refractivity contribution in [1.29, 1.82) is 0 Å². The third-order valence-corrected chi connectivity index (χ3v) is 4.48. The van der Waals surface area contributed by atoms with Crippen LogP contribution in [-0.4, -0.2) is 27.2 Å². The largest absolute Gasteiger partial charge is 0.493 e. The molecule has 26 heavy (non-hydrogen) atoms. The summed E-state index contributed by atoms with van der Waals surface area (Å²) in [4.78, 5) is 12.4. The van der Waals surface area contributed by atoms with E-state index in [1.54, 1.807) is 33.5 Å². The number of hydrogen-bond donors (Lipinski definition) is 1. The highest BCUT2D eigenvalue weighted by Gasteiger charge is 2.22. The molecule has 0 aliphatic carbocycles. The van der Waals surface area contributed by atoms with Crippen LogP contribution in [0.2, 0.25) is 0 Å². The van der Waals surface area contributed by atoms with E-state index in [2.05, 4.69) is 31.3 Å². The van der Waals surface area contributed by atoms with E-state index in [-0.39, 0.29) is 11.3 Å². The minimum atomic E-state index is -0.0755. The lowest BCUT2D eigenvalue weighted by atomic mass is 9.80. The molecule has 0 aromatic heterocycles. The molecule has 0 unspecified atom stereocenters. The Bertz CT molecular complexity index is 716. The van der Waals surface area contributed by atoms with E-state index < -0.39 is 0 Å². The molecular formula is C21H27NO4. The zero-order valence-electron chi connectivity index (χ0n) is 16.1. The molecule has 2 aromatic rings. The summed E-state index contributed by atoms with van der Waals surface area (Å²) in [5.74, 6) is 1.46. The highest BCUT2D eigenvalue weighted by atomic mass is 16.5. The van der Waals surface area contributed by atoms with Crippen LogP contribution in [0.15, 0.2) is 42.5 Å². The third-order valence-electron chi connectivity index (χ3n) is 4.48. The lowest BCUT2D eigenvalue weighted by molar-refractivity contribution is -0.116. The maximum Gasteiger partial charge on any atom is 0.224 e. The van der Waals surface area contributed by atoms with E-state index in [1.807, 2.05) is 18.2 Å². The molecular weight excluding hydrogens is 330 g/mol. The molecule has 0 spiro atoms. The highest BCUT2D eigenvalue weighted by molar-refractivity contribution is 5.91. The fourth-order valence-corrected chi connectivity index (χ4v) is 2.84. The molecule has 1 amide bonds. The number of benzene rings is 2. The quantitative estimate of drug-likeness (QED) is 0.760. The second-order valence-electron chi connectivity index (χ2n) is 6.71. The minimum absolute atomic E-state index is 0.0525. The smallest absolute Gasteiger partial charge is 0.224 e. The predicted octanol–water partition coefficient (Wildman–Crippen LogP) is 4.41. The summed E-state index contributed by atoms with van der Waals surface area (Å²) in [5.41, 5.74) is 1.76. The summed E-state index contributed by atoms with van der Waals surface area (Å²) in [5, 5.41) is 2.91. The van der Waals surface area contributed by atoms with Gasteiger partial charge in [0.1, 0.15) is 0 Å². The molecule has 2 aromatic carbocycles. The topological polar surface area (TPSA) is 56.8 Å². The molecule has 1 N–H and O–H groups in total. The van der Waals surface area contributed by atoms with Crippen molar-refractivity contribution in [2.45, 2.75) is 32.1 Å². The summed E-state index contributed by atoms with van der Waals surface area (Å²) in [6.07, 6.45) is 1.16. The molecule has 0 radical (unpaired) electrons. The second kappa shape index (κ2) is 8.61. The van der Waals surface area contributed by atoms with Crippen molar-refractivity contribution < 1.29 is 19.0 Å². The van der Waals surface area contributed by atoms with Crippen molar-refractivity contribution >= 4 is 11.6 Å². The number of carbonyl (C=O) groups excluding carboxylic acids is 1. The van der Waals surface area contributed by atoms with Crippen molar-refractivity contribution in [3.63, 3.8) is 0 Å². The zero-order chi connectivity index (χ0) is 19.2. The lowest BCUT2D eigenvalue weighted by Crippen LogP contribution is -2.21. The van der Waals surface area contributed by atoms with Crippen molar-refractivity contribution in [3.8, 4) is 17.2 Å². The van der Waals surface area contributed by atoms with E-state index in [9.17, 15) is 4.79 Å². The van der Waals surface area contributed by atoms with Gasteiger partial charge in [0.05, 0.1) is 21.3 Å². The van der Waals surface area contributed by atoms with E-state index in [0.717, 1.165) is 6.42 Å². The summed E-state index contributed by atoms with van der Waals surface area (Å²) >= 11 is 0. The van der Waals surface area contributed by atoms with Gasteiger partial charge in [-0.1, -0.05) is 44.2 Å². The van der Waals surface area contributed by atoms with Crippen molar-refractivity contribution in [1.82, 2.24) is 0 Å². The van der Waals surface area contributed by atoms with Crippen molar-refractivity contribution in [2.75, 3.05) is 26.6 Å². The standard InChI is InChI=1S/C21H27NO4/c1-21(2,15-9-7-6-8-10-15)12-11-19(23)22-16-13-17(24-3)20(26-5)18(14-16)25-4/h6-10,13-14H,11-12H2,1-5H3,(H,22,23). The highest BCUT2D eigenvalue weighted by Crippen LogP contribution is 2.40. The predicted molar refractivity (Wildman–Crippen MR) is 103 cm³/mol. The number of anilines is 1. The Morgan fingerprint density at radius 2 is 1.54 bits per heavy atom. The fraction of sp³-hybridized carbons (Fsp3) is 0.381. The van der Waals surface area contributed by atoms with Crippen molar-refractivity contribution in [3.05, 3.63) is 48.0 Å². The Hall–Kier alpha value is -2.69. The Balaban J connectivity index is 2.06. The van der Waals surface area contributed by atoms with E-state index in [1.165, 1.54) is 5.56 Å². The minimum Gasteiger partial charge on any atom is -0.493 e. The van der Waals surface area contributed by atoms with Gasteiger partial charge in [-0.2, -0.15) is 0 Å². The summed E-state index contributed by atoms with van der Waals surface area (Å²) in [6.45, 7) is 4.30. The van der Waals surface area contributed by atoms with Crippen LogP contribution in [0.3, 0.4) is 0 Å². The molecule has 0 bridgehead atoms. The maximum absolute atomic E-state index is 12.4. The first-order valence-corrected chi connectivity index (χ1v) is 8.56. The van der Waals surface area contributed by atoms with Crippen molar-refractivity contribution in [2.24, 2.45) is 0 Å². The van der Waals surface area contributed by atoms with Gasteiger partial charge in [0.2, 0.25) is 11.7 Å². The Labute approximate surface area is 155 Å². The van der Waals surface area contributed by atoms with Gasteiger partial charge in [-0.05, 0) is 17.4 Å². The normalized spacial score (nSPS) is 11.0. The molecule has 140 valence electrons. The van der Waals surface area contributed by atoms with Crippen LogP contribution >= 0.6 is 0 Å². The van der Waals surface area contributed by atoms with Gasteiger partial charge >= 0.3 is 0 Å². The number of hydrogen-bond acceptors (Lipinski definition) is 4. The molecule has 0 atom stereocenters. The summed E-state index contributed by atoms with van der Waals surface area (Å²) in [6, 6.07) is 13.7. The second-order valence-corrected chi connectivity index (χ2v) is 6.71. The molecule has 0 aliphatic rings. The van der Waals surface area contributed by atoms with Gasteiger partial charge in [-0.25, -0.2) is 0 Å². The average molecular weight is 357 g/mol. The van der Waals surface area contributed by atoms with Gasteiger partial charge in [0, 0.05) is 24.2 Å². The van der Waals surface area contributed by atoms with Crippen LogP contribution in [0.4, 0.5) is 5.69 Å². The van der Waals surface area contributed by atoms with Gasteiger partial charge < -0.3 is 19.5 Å². The van der Waals surface area contributed by atoms with E-state index in [4.69, 9.17) is 14.2 Å². The van der Waals surface area contributed by atoms with E-state index >= 15 is 0 Å². The first-order valence-electron chi connectivity index (χ1n) is 8.56. The average Bonchev–Trinajstić information content (AvgIpc) is 2.66. The van der Waals surface area contributed by atoms with Gasteiger partial charge in [-0.3, -0.25) is 4.79 Å². The summed E-state index contributed by atoms with van der Waals surface area (Å²) in [7, 11) is 4.64. The SMILES string of the molecule is COc1cc(NC(=O)CCC(C)(C)c2ccccc2)cc(OC)c1OC. The fourth-order valence-electron chi connectivity index (χ4n) is 2.84. The van der Waals surface area contributed by atoms with Crippen LogP contribution in [0.25, 0.3) is 0 Å². The zero-order valence-corrected chi connectivity index (χ0v) is 16.1. The monoisotopic (exact) mass is 357 g/mol. The van der Waals surface area contributed by atoms with Gasteiger partial charge in [0.15, 0.2) is 11.5 Å². The molecule has 0 aliphatic heterocycles. The van der Waals surface area contributed by atoms with Gasteiger partial charge in [0.25, 0.3) is 0 Å². The first-order chi connectivity index (χ1) is 12.4. The van der Waals surface area contributed by atoms with Crippen LogP contribution < -0.4 is 19.5 Å². The lowest BCUT2D eigenvalue weighted by Gasteiger charge is -2.25. The number of ether oxygens (including phenoxy) is 3. The maximum atomic E-state index is 12.4. The number of nitrogens with one attached hydrogen (secondary N) is 1. The van der Waals surface area contributed by atoms with Gasteiger partial charge in [-0.15, -0.1) is 0 Å². The molecule has 5 nitrogen and oxygen atoms in total. The van der Waals surface area contributed by atoms with Crippen LogP contribution in [0, 0.1) is 0 Å². The first kappa shape index (κ1) is 19.6. The molecule has 0 saturated carbocycles. The number of carbonyl (C=O) groups is 1. The van der Waals surface area contributed by atoms with Crippen LogP contribution in [0.5, 0.6) is 17.2 Å². The molecule has 0 saturated heterocycles. The number of amides is 1. The summed E-state index contributed by atoms with van der Waals surface area (Å²) < 4.78 is 15.9. The number of rotatable bonds is 8. The molecule has 2 rings (SSSR count). The van der Waals surface area contributed by atoms with Crippen LogP contribution in [-0.2, 0) is 10.2 Å². The Morgan fingerprint density at radius 3 is 2.04 bits per heavy atom. The van der Waals surface area contributed by atoms with Crippen LogP contribution in [0.1, 0.15) is 32.3 Å². The molecule has 0 fully saturated rings. The third kappa shape index (κ3) is 4.69. The molecule has 5 heteroatoms. The Morgan fingerprint density at radius 1 is 0.962 bits per heavy atom. The van der Waals surface area contributed by atoms with E-state index in [0.29, 0.717) is 29.4 Å².